The van der Waals surface area contributed by atoms with Crippen molar-refractivity contribution < 1.29 is 4.79 Å². The average Bonchev–Trinajstić information content (AvgIpc) is 2.08. The molecule has 1 aromatic rings. The van der Waals surface area contributed by atoms with Gasteiger partial charge in [0.15, 0.2) is 0 Å². The van der Waals surface area contributed by atoms with Crippen LogP contribution in [0.2, 0.25) is 0 Å². The van der Waals surface area contributed by atoms with Crippen molar-refractivity contribution in [1.82, 2.24) is 4.90 Å². The van der Waals surface area contributed by atoms with E-state index in [2.05, 4.69) is 15.9 Å². The van der Waals surface area contributed by atoms with Crippen LogP contribution in [0.3, 0.4) is 0 Å². The SMILES string of the molecule is CN(Cc1ccccc1Br)C(=O)Cl. The van der Waals surface area contributed by atoms with Gasteiger partial charge in [-0.1, -0.05) is 34.1 Å². The molecule has 1 aromatic carbocycles. The third kappa shape index (κ3) is 3.01. The molecule has 0 unspecified atom stereocenters. The zero-order valence-electron chi connectivity index (χ0n) is 7.13. The molecule has 13 heavy (non-hydrogen) atoms. The Morgan fingerprint density at radius 2 is 2.15 bits per heavy atom. The van der Waals surface area contributed by atoms with Crippen LogP contribution in [-0.4, -0.2) is 17.3 Å². The number of hydrogen-bond donors (Lipinski definition) is 0. The molecule has 0 spiro atoms. The van der Waals surface area contributed by atoms with Crippen LogP contribution >= 0.6 is 27.5 Å². The largest absolute Gasteiger partial charge is 0.328 e. The van der Waals surface area contributed by atoms with Crippen LogP contribution in [0.5, 0.6) is 0 Å². The Morgan fingerprint density at radius 3 is 2.69 bits per heavy atom. The minimum Gasteiger partial charge on any atom is -0.328 e. The summed E-state index contributed by atoms with van der Waals surface area (Å²) in [7, 11) is 1.66. The summed E-state index contributed by atoms with van der Waals surface area (Å²) in [5.74, 6) is 0. The smallest absolute Gasteiger partial charge is 0.316 e. The number of halogens is 2. The molecule has 0 saturated carbocycles. The summed E-state index contributed by atoms with van der Waals surface area (Å²) in [6.45, 7) is 0.518. The Kier molecular flexibility index (Phi) is 3.75. The first-order valence-corrected chi connectivity index (χ1v) is 4.92. The highest BCUT2D eigenvalue weighted by Crippen LogP contribution is 2.17. The first-order chi connectivity index (χ1) is 6.11. The summed E-state index contributed by atoms with van der Waals surface area (Å²) in [5.41, 5.74) is 1.04. The highest BCUT2D eigenvalue weighted by atomic mass is 79.9. The summed E-state index contributed by atoms with van der Waals surface area (Å²) in [4.78, 5) is 12.2. The van der Waals surface area contributed by atoms with E-state index in [1.54, 1.807) is 7.05 Å². The molecule has 0 aliphatic rings. The first-order valence-electron chi connectivity index (χ1n) is 3.75. The van der Waals surface area contributed by atoms with Gasteiger partial charge in [-0.3, -0.25) is 4.79 Å². The highest BCUT2D eigenvalue weighted by Gasteiger charge is 2.06. The average molecular weight is 263 g/mol. The van der Waals surface area contributed by atoms with Gasteiger partial charge in [0.05, 0.1) is 0 Å². The molecule has 1 rings (SSSR count). The van der Waals surface area contributed by atoms with Crippen molar-refractivity contribution in [2.75, 3.05) is 7.05 Å². The molecule has 0 radical (unpaired) electrons. The van der Waals surface area contributed by atoms with E-state index in [1.165, 1.54) is 4.90 Å². The van der Waals surface area contributed by atoms with E-state index in [0.29, 0.717) is 6.54 Å². The zero-order chi connectivity index (χ0) is 9.84. The van der Waals surface area contributed by atoms with Gasteiger partial charge >= 0.3 is 5.37 Å². The topological polar surface area (TPSA) is 20.3 Å². The zero-order valence-corrected chi connectivity index (χ0v) is 9.47. The lowest BCUT2D eigenvalue weighted by atomic mass is 10.2. The Hall–Kier alpha value is -0.540. The van der Waals surface area contributed by atoms with Gasteiger partial charge in [0.1, 0.15) is 0 Å². The number of benzene rings is 1. The lowest BCUT2D eigenvalue weighted by molar-refractivity contribution is 0.230. The van der Waals surface area contributed by atoms with Crippen molar-refractivity contribution in [2.24, 2.45) is 0 Å². The van der Waals surface area contributed by atoms with Gasteiger partial charge in [0.25, 0.3) is 0 Å². The summed E-state index contributed by atoms with van der Waals surface area (Å²) in [6.07, 6.45) is 0. The van der Waals surface area contributed by atoms with E-state index in [-0.39, 0.29) is 0 Å². The van der Waals surface area contributed by atoms with Gasteiger partial charge < -0.3 is 4.90 Å². The molecule has 0 heterocycles. The van der Waals surface area contributed by atoms with E-state index in [4.69, 9.17) is 11.6 Å². The van der Waals surface area contributed by atoms with E-state index >= 15 is 0 Å². The standard InChI is InChI=1S/C9H9BrClNO/c1-12(9(11)13)6-7-4-2-3-5-8(7)10/h2-5H,6H2,1H3. The third-order valence-electron chi connectivity index (χ3n) is 1.67. The predicted octanol–water partition coefficient (Wildman–Crippen LogP) is 3.24. The quantitative estimate of drug-likeness (QED) is 0.592. The molecule has 70 valence electrons. The Morgan fingerprint density at radius 1 is 1.54 bits per heavy atom. The molecular formula is C9H9BrClNO. The van der Waals surface area contributed by atoms with Gasteiger partial charge in [0, 0.05) is 18.1 Å². The van der Waals surface area contributed by atoms with Gasteiger partial charge in [0.2, 0.25) is 0 Å². The summed E-state index contributed by atoms with van der Waals surface area (Å²) >= 11 is 8.70. The fourth-order valence-corrected chi connectivity index (χ4v) is 1.41. The lowest BCUT2D eigenvalue weighted by Gasteiger charge is -2.13. The van der Waals surface area contributed by atoms with Gasteiger partial charge in [-0.05, 0) is 23.2 Å². The maximum Gasteiger partial charge on any atom is 0.316 e. The molecule has 1 amide bonds. The van der Waals surface area contributed by atoms with Crippen molar-refractivity contribution in [1.29, 1.82) is 0 Å². The monoisotopic (exact) mass is 261 g/mol. The number of hydrogen-bond acceptors (Lipinski definition) is 1. The molecular weight excluding hydrogens is 253 g/mol. The molecule has 0 aliphatic heterocycles. The number of amides is 1. The van der Waals surface area contributed by atoms with E-state index in [9.17, 15) is 4.79 Å². The fraction of sp³-hybridized carbons (Fsp3) is 0.222. The number of nitrogens with zero attached hydrogens (tertiary/aromatic N) is 1. The molecule has 0 N–H and O–H groups in total. The maximum absolute atomic E-state index is 10.7. The normalized spacial score (nSPS) is 9.77. The molecule has 0 fully saturated rings. The third-order valence-corrected chi connectivity index (χ3v) is 2.73. The first kappa shape index (κ1) is 10.5. The summed E-state index contributed by atoms with van der Waals surface area (Å²) in [5, 5.41) is -0.448. The highest BCUT2D eigenvalue weighted by molar-refractivity contribution is 9.10. The Bertz CT molecular complexity index is 316. The van der Waals surface area contributed by atoms with Crippen molar-refractivity contribution in [3.63, 3.8) is 0 Å². The summed E-state index contributed by atoms with van der Waals surface area (Å²) in [6, 6.07) is 7.73. The second-order valence-corrected chi connectivity index (χ2v) is 3.88. The molecule has 0 atom stereocenters. The minimum atomic E-state index is -0.448. The number of carbonyl (C=O) groups is 1. The minimum absolute atomic E-state index is 0.448. The van der Waals surface area contributed by atoms with Crippen molar-refractivity contribution in [3.8, 4) is 0 Å². The van der Waals surface area contributed by atoms with Crippen LogP contribution in [0.1, 0.15) is 5.56 Å². The van der Waals surface area contributed by atoms with Gasteiger partial charge in [-0.25, -0.2) is 0 Å². The molecule has 2 nitrogen and oxygen atoms in total. The van der Waals surface area contributed by atoms with Crippen LogP contribution in [0.4, 0.5) is 4.79 Å². The van der Waals surface area contributed by atoms with Crippen LogP contribution in [0.25, 0.3) is 0 Å². The maximum atomic E-state index is 10.7. The van der Waals surface area contributed by atoms with Crippen molar-refractivity contribution >= 4 is 32.9 Å². The van der Waals surface area contributed by atoms with Crippen molar-refractivity contribution in [3.05, 3.63) is 34.3 Å². The molecule has 4 heteroatoms. The van der Waals surface area contributed by atoms with Gasteiger partial charge in [-0.15, -0.1) is 0 Å². The van der Waals surface area contributed by atoms with Crippen LogP contribution in [0.15, 0.2) is 28.7 Å². The Labute approximate surface area is 90.6 Å². The van der Waals surface area contributed by atoms with Gasteiger partial charge in [-0.2, -0.15) is 0 Å². The van der Waals surface area contributed by atoms with E-state index in [1.807, 2.05) is 24.3 Å². The van der Waals surface area contributed by atoms with Crippen LogP contribution < -0.4 is 0 Å². The number of rotatable bonds is 2. The molecule has 0 bridgehead atoms. The van der Waals surface area contributed by atoms with E-state index in [0.717, 1.165) is 10.0 Å². The van der Waals surface area contributed by atoms with Crippen LogP contribution in [-0.2, 0) is 6.54 Å². The Balaban J connectivity index is 2.74. The molecule has 0 aliphatic carbocycles. The van der Waals surface area contributed by atoms with Crippen molar-refractivity contribution in [2.45, 2.75) is 6.54 Å². The molecule has 0 aromatic heterocycles. The fourth-order valence-electron chi connectivity index (χ4n) is 0.944. The lowest BCUT2D eigenvalue weighted by Crippen LogP contribution is -2.20. The van der Waals surface area contributed by atoms with E-state index < -0.39 is 5.37 Å². The second-order valence-electron chi connectivity index (χ2n) is 2.70. The number of carbonyl (C=O) groups excluding carboxylic acids is 1. The summed E-state index contributed by atoms with van der Waals surface area (Å²) < 4.78 is 0.986. The molecule has 0 saturated heterocycles. The van der Waals surface area contributed by atoms with Crippen LogP contribution in [0, 0.1) is 0 Å². The second kappa shape index (κ2) is 4.63. The predicted molar refractivity (Wildman–Crippen MR) is 56.9 cm³/mol.